The summed E-state index contributed by atoms with van der Waals surface area (Å²) in [6, 6.07) is 3.38. The van der Waals surface area contributed by atoms with E-state index in [-0.39, 0.29) is 18.6 Å². The molecular weight excluding hydrogens is 310 g/mol. The van der Waals surface area contributed by atoms with Gasteiger partial charge in [-0.05, 0) is 32.4 Å². The maximum absolute atomic E-state index is 12.5. The minimum Gasteiger partial charge on any atom is -0.489 e. The molecule has 0 aromatic carbocycles. The van der Waals surface area contributed by atoms with Gasteiger partial charge in [-0.15, -0.1) is 5.10 Å². The largest absolute Gasteiger partial charge is 0.489 e. The smallest absolute Gasteiger partial charge is 0.272 e. The van der Waals surface area contributed by atoms with Crippen LogP contribution in [-0.2, 0) is 6.54 Å². The summed E-state index contributed by atoms with van der Waals surface area (Å²) in [5, 5.41) is 18.2. The molecular formula is C16H21N5O3. The molecule has 8 heteroatoms. The maximum atomic E-state index is 12.5. The molecule has 1 unspecified atom stereocenters. The van der Waals surface area contributed by atoms with Gasteiger partial charge in [-0.25, -0.2) is 9.67 Å². The first-order valence-corrected chi connectivity index (χ1v) is 7.94. The van der Waals surface area contributed by atoms with E-state index in [1.807, 2.05) is 13.8 Å². The van der Waals surface area contributed by atoms with E-state index in [1.165, 1.54) is 0 Å². The lowest BCUT2D eigenvalue weighted by Crippen LogP contribution is -2.39. The third-order valence-electron chi connectivity index (χ3n) is 3.87. The van der Waals surface area contributed by atoms with Crippen LogP contribution >= 0.6 is 0 Å². The molecule has 2 aromatic heterocycles. The fourth-order valence-corrected chi connectivity index (χ4v) is 2.79. The summed E-state index contributed by atoms with van der Waals surface area (Å²) in [5.41, 5.74) is -0.652. The van der Waals surface area contributed by atoms with Crippen molar-refractivity contribution in [3.63, 3.8) is 0 Å². The molecule has 1 atom stereocenters. The quantitative estimate of drug-likeness (QED) is 0.868. The third kappa shape index (κ3) is 3.70. The van der Waals surface area contributed by atoms with Gasteiger partial charge in [0.05, 0.1) is 31.6 Å². The highest BCUT2D eigenvalue weighted by molar-refractivity contribution is 5.92. The number of β-amino-alcohol motifs (C(OH)–C–C–N with tert-alkyl or cyclic N) is 1. The van der Waals surface area contributed by atoms with Crippen LogP contribution in [0.15, 0.2) is 30.7 Å². The zero-order valence-electron chi connectivity index (χ0n) is 13.8. The lowest BCUT2D eigenvalue weighted by atomic mass is 10.0. The Morgan fingerprint density at radius 1 is 1.46 bits per heavy atom. The Balaban J connectivity index is 1.63. The van der Waals surface area contributed by atoms with Crippen molar-refractivity contribution in [2.75, 3.05) is 13.1 Å². The average molecular weight is 331 g/mol. The van der Waals surface area contributed by atoms with Crippen molar-refractivity contribution in [3.8, 4) is 5.75 Å². The van der Waals surface area contributed by atoms with Gasteiger partial charge in [0.2, 0.25) is 0 Å². The molecule has 1 aliphatic heterocycles. The highest BCUT2D eigenvalue weighted by Crippen LogP contribution is 2.24. The number of carbonyl (C=O) groups is 1. The van der Waals surface area contributed by atoms with Crippen LogP contribution in [0.3, 0.4) is 0 Å². The van der Waals surface area contributed by atoms with Crippen LogP contribution in [0.25, 0.3) is 0 Å². The van der Waals surface area contributed by atoms with Crippen molar-refractivity contribution in [2.24, 2.45) is 0 Å². The van der Waals surface area contributed by atoms with Gasteiger partial charge < -0.3 is 14.7 Å². The standard InChI is InChI=1S/C16H21N5O3/c1-12(2)24-13-3-4-14(17-9-13)15(22)20-7-5-16(23,10-20)11-21-8-6-18-19-21/h3-4,6,8-9,12,23H,5,7,10-11H2,1-2H3. The highest BCUT2D eigenvalue weighted by Gasteiger charge is 2.39. The average Bonchev–Trinajstić information content (AvgIpc) is 3.17. The van der Waals surface area contributed by atoms with Gasteiger partial charge >= 0.3 is 0 Å². The van der Waals surface area contributed by atoms with Crippen LogP contribution in [0.1, 0.15) is 30.8 Å². The molecule has 1 fully saturated rings. The third-order valence-corrected chi connectivity index (χ3v) is 3.87. The molecule has 1 amide bonds. The molecule has 1 N–H and O–H groups in total. The number of nitrogens with zero attached hydrogens (tertiary/aromatic N) is 5. The topological polar surface area (TPSA) is 93.4 Å². The summed E-state index contributed by atoms with van der Waals surface area (Å²) < 4.78 is 7.10. The molecule has 128 valence electrons. The van der Waals surface area contributed by atoms with Gasteiger partial charge in [-0.1, -0.05) is 5.21 Å². The summed E-state index contributed by atoms with van der Waals surface area (Å²) >= 11 is 0. The van der Waals surface area contributed by atoms with Crippen molar-refractivity contribution >= 4 is 5.91 Å². The lowest BCUT2D eigenvalue weighted by Gasteiger charge is -2.23. The zero-order valence-corrected chi connectivity index (χ0v) is 13.8. The lowest BCUT2D eigenvalue weighted by molar-refractivity contribution is 0.0265. The normalized spacial score (nSPS) is 20.6. The van der Waals surface area contributed by atoms with Crippen LogP contribution in [-0.4, -0.2) is 60.7 Å². The Labute approximate surface area is 140 Å². The first-order valence-electron chi connectivity index (χ1n) is 7.94. The molecule has 1 saturated heterocycles. The number of amides is 1. The summed E-state index contributed by atoms with van der Waals surface area (Å²) in [5.74, 6) is 0.436. The molecule has 0 radical (unpaired) electrons. The number of hydrogen-bond acceptors (Lipinski definition) is 6. The Morgan fingerprint density at radius 3 is 2.92 bits per heavy atom. The second-order valence-electron chi connectivity index (χ2n) is 6.35. The minimum atomic E-state index is -0.996. The van der Waals surface area contributed by atoms with E-state index < -0.39 is 5.60 Å². The molecule has 0 spiro atoms. The first kappa shape index (κ1) is 16.4. The monoisotopic (exact) mass is 331 g/mol. The fourth-order valence-electron chi connectivity index (χ4n) is 2.79. The van der Waals surface area contributed by atoms with Gasteiger partial charge in [0.25, 0.3) is 5.91 Å². The van der Waals surface area contributed by atoms with Crippen molar-refractivity contribution in [1.82, 2.24) is 24.9 Å². The van der Waals surface area contributed by atoms with Crippen LogP contribution in [0.5, 0.6) is 5.75 Å². The van der Waals surface area contributed by atoms with E-state index in [9.17, 15) is 9.90 Å². The highest BCUT2D eigenvalue weighted by atomic mass is 16.5. The Hall–Kier alpha value is -2.48. The molecule has 3 rings (SSSR count). The summed E-state index contributed by atoms with van der Waals surface area (Å²) in [6.45, 7) is 4.90. The SMILES string of the molecule is CC(C)Oc1ccc(C(=O)N2CCC(O)(Cn3ccnn3)C2)nc1. The molecule has 0 saturated carbocycles. The van der Waals surface area contributed by atoms with E-state index in [1.54, 1.807) is 40.3 Å². The fraction of sp³-hybridized carbons (Fsp3) is 0.500. The number of aliphatic hydroxyl groups is 1. The van der Waals surface area contributed by atoms with Crippen LogP contribution in [0.2, 0.25) is 0 Å². The summed E-state index contributed by atoms with van der Waals surface area (Å²) in [6.07, 6.45) is 5.35. The summed E-state index contributed by atoms with van der Waals surface area (Å²) in [7, 11) is 0. The van der Waals surface area contributed by atoms with Crippen LogP contribution < -0.4 is 4.74 Å². The number of ether oxygens (including phenoxy) is 1. The number of hydrogen-bond donors (Lipinski definition) is 1. The van der Waals surface area contributed by atoms with Gasteiger partial charge in [-0.2, -0.15) is 0 Å². The maximum Gasteiger partial charge on any atom is 0.272 e. The molecule has 24 heavy (non-hydrogen) atoms. The molecule has 8 nitrogen and oxygen atoms in total. The van der Waals surface area contributed by atoms with Crippen molar-refractivity contribution in [3.05, 3.63) is 36.4 Å². The molecule has 0 aliphatic carbocycles. The Kier molecular flexibility index (Phi) is 4.48. The molecule has 1 aliphatic rings. The second kappa shape index (κ2) is 6.56. The number of rotatable bonds is 5. The molecule has 0 bridgehead atoms. The predicted molar refractivity (Wildman–Crippen MR) is 85.5 cm³/mol. The molecule has 3 heterocycles. The predicted octanol–water partition coefficient (Wildman–Crippen LogP) is 0.737. The van der Waals surface area contributed by atoms with Crippen LogP contribution in [0.4, 0.5) is 0 Å². The van der Waals surface area contributed by atoms with Crippen molar-refractivity contribution in [1.29, 1.82) is 0 Å². The van der Waals surface area contributed by atoms with Gasteiger partial charge in [0, 0.05) is 12.7 Å². The van der Waals surface area contributed by atoms with Gasteiger partial charge in [0.15, 0.2) is 0 Å². The Morgan fingerprint density at radius 2 is 2.29 bits per heavy atom. The van der Waals surface area contributed by atoms with E-state index in [0.717, 1.165) is 0 Å². The van der Waals surface area contributed by atoms with Gasteiger partial charge in [-0.3, -0.25) is 4.79 Å². The van der Waals surface area contributed by atoms with Gasteiger partial charge in [0.1, 0.15) is 17.0 Å². The number of likely N-dealkylation sites (tertiary alicyclic amines) is 1. The molecule has 2 aromatic rings. The van der Waals surface area contributed by atoms with E-state index in [2.05, 4.69) is 15.3 Å². The minimum absolute atomic E-state index is 0.0544. The zero-order chi connectivity index (χ0) is 17.2. The van der Waals surface area contributed by atoms with Crippen molar-refractivity contribution in [2.45, 2.75) is 38.5 Å². The Bertz CT molecular complexity index is 686. The van der Waals surface area contributed by atoms with Crippen LogP contribution in [0, 0.1) is 0 Å². The van der Waals surface area contributed by atoms with E-state index in [4.69, 9.17) is 4.74 Å². The van der Waals surface area contributed by atoms with E-state index >= 15 is 0 Å². The number of carbonyl (C=O) groups excluding carboxylic acids is 1. The first-order chi connectivity index (χ1) is 11.5. The number of pyridine rings is 1. The van der Waals surface area contributed by atoms with E-state index in [0.29, 0.717) is 31.0 Å². The summed E-state index contributed by atoms with van der Waals surface area (Å²) in [4.78, 5) is 18.3. The second-order valence-corrected chi connectivity index (χ2v) is 6.35. The number of aromatic nitrogens is 4. The van der Waals surface area contributed by atoms with Crippen molar-refractivity contribution < 1.29 is 14.6 Å².